The molecule has 0 unspecified atom stereocenters. The predicted molar refractivity (Wildman–Crippen MR) is 211 cm³/mol. The molecule has 1 N–H and O–H groups in total. The number of carboxylic acid groups (broad SMARTS) is 1. The normalized spacial score (nSPS) is 10.6. The number of benzene rings is 3. The van der Waals surface area contributed by atoms with Crippen molar-refractivity contribution in [2.24, 2.45) is 0 Å². The Morgan fingerprint density at radius 1 is 0.475 bits per heavy atom. The molecule has 0 aliphatic rings. The van der Waals surface area contributed by atoms with E-state index in [4.69, 9.17) is 5.11 Å². The fourth-order valence-corrected chi connectivity index (χ4v) is 6.51. The Morgan fingerprint density at radius 2 is 0.780 bits per heavy atom. The molecule has 0 fully saturated rings. The zero-order valence-corrected chi connectivity index (χ0v) is 33.1. The number of aryl methyl sites for hydroxylation is 2. The first-order valence-corrected chi connectivity index (χ1v) is 17.7. The molecule has 3 aromatic heterocycles. The summed E-state index contributed by atoms with van der Waals surface area (Å²) in [4.78, 5) is 71.2. The maximum atomic E-state index is 14.2. The van der Waals surface area contributed by atoms with E-state index in [0.29, 0.717) is 22.6 Å². The summed E-state index contributed by atoms with van der Waals surface area (Å²) in [6.45, 7) is 11.5. The van der Waals surface area contributed by atoms with E-state index in [-0.39, 0.29) is 56.5 Å². The Bertz CT molecular complexity index is 2680. The Hall–Kier alpha value is -7.03. The Balaban J connectivity index is 0.000000196. The highest BCUT2D eigenvalue weighted by molar-refractivity contribution is 5.95. The van der Waals surface area contributed by atoms with Crippen LogP contribution in [0.1, 0.15) is 78.7 Å². The third kappa shape index (κ3) is 9.25. The molecule has 0 saturated heterocycles. The van der Waals surface area contributed by atoms with Gasteiger partial charge in [-0.1, -0.05) is 0 Å². The van der Waals surface area contributed by atoms with Crippen LogP contribution in [0.15, 0.2) is 93.2 Å². The van der Waals surface area contributed by atoms with E-state index in [9.17, 15) is 50.7 Å². The van der Waals surface area contributed by atoms with Crippen LogP contribution < -0.4 is 16.7 Å². The first kappa shape index (κ1) is 44.7. The molecule has 6 rings (SSSR count). The minimum Gasteiger partial charge on any atom is -0.477 e. The van der Waals surface area contributed by atoms with Crippen molar-refractivity contribution in [2.45, 2.75) is 55.4 Å². The van der Waals surface area contributed by atoms with Crippen LogP contribution in [-0.2, 0) is 0 Å². The van der Waals surface area contributed by atoms with Gasteiger partial charge < -0.3 is 5.11 Å². The first-order chi connectivity index (χ1) is 27.6. The summed E-state index contributed by atoms with van der Waals surface area (Å²) >= 11 is 0. The van der Waals surface area contributed by atoms with Crippen molar-refractivity contribution in [1.82, 2.24) is 13.7 Å². The summed E-state index contributed by atoms with van der Waals surface area (Å²) in [5.41, 5.74) is -0.114. The molecule has 15 heteroatoms. The number of ketones is 2. The molecular formula is C44H38F5N3O7. The number of rotatable bonds is 6. The number of carbonyl (C=O) groups is 3. The minimum atomic E-state index is -1.50. The number of hydrogen-bond acceptors (Lipinski definition) is 6. The topological polar surface area (TPSA) is 137 Å². The summed E-state index contributed by atoms with van der Waals surface area (Å²) in [6, 6.07) is 17.2. The standard InChI is InChI=1S/C15H13F2NO2.C15H14FNO2.C14H11F2NO3/c1-8-13(10(3)19)15(20)18(9(2)14(8)17)12-6-4-11(16)5-7-12;1-9-8-10(2)17(15(19)14(9)11(3)18)13-6-4-12(16)5-7-13;1-7-11(14(19)20)13(18)17(8(2)12(7)16)10-5-3-9(15)4-6-10/h4-7H,1-3H3;4-8H,1-3H3;3-6H,1-2H3,(H,19,20). The molecule has 0 bridgehead atoms. The highest BCUT2D eigenvalue weighted by Crippen LogP contribution is 2.20. The molecule has 0 spiro atoms. The van der Waals surface area contributed by atoms with Gasteiger partial charge in [-0.3, -0.25) is 37.7 Å². The van der Waals surface area contributed by atoms with Gasteiger partial charge in [-0.2, -0.15) is 0 Å². The molecule has 3 heterocycles. The lowest BCUT2D eigenvalue weighted by Crippen LogP contribution is -2.29. The van der Waals surface area contributed by atoms with Crippen molar-refractivity contribution < 1.29 is 41.4 Å². The third-order valence-corrected chi connectivity index (χ3v) is 9.31. The maximum Gasteiger partial charge on any atom is 0.341 e. The van der Waals surface area contributed by atoms with Crippen molar-refractivity contribution in [2.75, 3.05) is 0 Å². The molecule has 0 saturated carbocycles. The molecule has 0 atom stereocenters. The van der Waals surface area contributed by atoms with Crippen LogP contribution in [0.3, 0.4) is 0 Å². The van der Waals surface area contributed by atoms with Crippen molar-refractivity contribution >= 4 is 17.5 Å². The molecule has 0 radical (unpaired) electrons. The van der Waals surface area contributed by atoms with Crippen molar-refractivity contribution in [3.8, 4) is 17.1 Å². The van der Waals surface area contributed by atoms with Gasteiger partial charge in [-0.15, -0.1) is 0 Å². The molecule has 306 valence electrons. The SMILES string of the molecule is CC(=O)c1c(C)c(F)c(C)n(-c2ccc(F)cc2)c1=O.CC(=O)c1c(C)cc(C)n(-c2ccc(F)cc2)c1=O.Cc1c(F)c(C)n(-c2ccc(F)cc2)c(=O)c1C(=O)O. The highest BCUT2D eigenvalue weighted by Gasteiger charge is 2.23. The number of aromatic nitrogens is 3. The van der Waals surface area contributed by atoms with Gasteiger partial charge in [0.05, 0.1) is 22.5 Å². The van der Waals surface area contributed by atoms with E-state index in [2.05, 4.69) is 0 Å². The number of carbonyl (C=O) groups excluding carboxylic acids is 2. The number of Topliss-reactive ketones (excluding diaryl/α,β-unsaturated/α-hetero) is 2. The predicted octanol–water partition coefficient (Wildman–Crippen LogP) is 8.16. The third-order valence-electron chi connectivity index (χ3n) is 9.31. The van der Waals surface area contributed by atoms with E-state index in [1.807, 2.05) is 0 Å². The molecule has 3 aromatic carbocycles. The summed E-state index contributed by atoms with van der Waals surface area (Å²) < 4.78 is 70.4. The second kappa shape index (κ2) is 18.1. The molecular weight excluding hydrogens is 777 g/mol. The van der Waals surface area contributed by atoms with Crippen LogP contribution in [0.2, 0.25) is 0 Å². The van der Waals surface area contributed by atoms with Crippen LogP contribution in [0.4, 0.5) is 22.0 Å². The van der Waals surface area contributed by atoms with Gasteiger partial charge in [0.1, 0.15) is 34.6 Å². The molecule has 0 aliphatic carbocycles. The molecule has 0 amide bonds. The molecule has 6 aromatic rings. The first-order valence-electron chi connectivity index (χ1n) is 17.7. The van der Waals surface area contributed by atoms with Crippen LogP contribution in [0.5, 0.6) is 0 Å². The van der Waals surface area contributed by atoms with E-state index in [1.165, 1.54) is 107 Å². The fourth-order valence-electron chi connectivity index (χ4n) is 6.51. The Labute approximate surface area is 334 Å². The van der Waals surface area contributed by atoms with Crippen LogP contribution in [-0.4, -0.2) is 36.3 Å². The number of aromatic carboxylic acids is 1. The number of halogens is 5. The van der Waals surface area contributed by atoms with Gasteiger partial charge in [0.15, 0.2) is 11.6 Å². The van der Waals surface area contributed by atoms with Crippen molar-refractivity contribution in [3.05, 3.63) is 189 Å². The largest absolute Gasteiger partial charge is 0.477 e. The zero-order chi connectivity index (χ0) is 44.2. The number of nitrogens with zero attached hydrogens (tertiary/aromatic N) is 3. The summed E-state index contributed by atoms with van der Waals surface area (Å²) in [5, 5.41) is 9.04. The van der Waals surface area contributed by atoms with Crippen LogP contribution in [0.25, 0.3) is 17.1 Å². The highest BCUT2D eigenvalue weighted by atomic mass is 19.1. The summed E-state index contributed by atoms with van der Waals surface area (Å²) in [7, 11) is 0. The second-order valence-corrected chi connectivity index (χ2v) is 13.4. The van der Waals surface area contributed by atoms with Gasteiger partial charge in [-0.05, 0) is 140 Å². The van der Waals surface area contributed by atoms with Crippen molar-refractivity contribution in [3.63, 3.8) is 0 Å². The summed E-state index contributed by atoms with van der Waals surface area (Å²) in [5.74, 6) is -4.98. The quantitative estimate of drug-likeness (QED) is 0.132. The fraction of sp³-hybridized carbons (Fsp3) is 0.182. The van der Waals surface area contributed by atoms with Gasteiger partial charge in [0.2, 0.25) is 0 Å². The second-order valence-electron chi connectivity index (χ2n) is 13.4. The van der Waals surface area contributed by atoms with Gasteiger partial charge >= 0.3 is 5.97 Å². The number of pyridine rings is 3. The number of hydrogen-bond donors (Lipinski definition) is 1. The van der Waals surface area contributed by atoms with Crippen LogP contribution in [0, 0.1) is 70.6 Å². The van der Waals surface area contributed by atoms with Gasteiger partial charge in [-0.25, -0.2) is 26.7 Å². The summed E-state index contributed by atoms with van der Waals surface area (Å²) in [6.07, 6.45) is 0. The smallest absolute Gasteiger partial charge is 0.341 e. The monoisotopic (exact) mass is 815 g/mol. The van der Waals surface area contributed by atoms with Crippen LogP contribution >= 0.6 is 0 Å². The average molecular weight is 816 g/mol. The van der Waals surface area contributed by atoms with Gasteiger partial charge in [0, 0.05) is 33.9 Å². The maximum absolute atomic E-state index is 14.2. The Morgan fingerprint density at radius 3 is 1.12 bits per heavy atom. The lowest BCUT2D eigenvalue weighted by Gasteiger charge is -2.14. The van der Waals surface area contributed by atoms with E-state index >= 15 is 0 Å². The minimum absolute atomic E-state index is 0.0240. The average Bonchev–Trinajstić information content (AvgIpc) is 3.15. The zero-order valence-electron chi connectivity index (χ0n) is 33.1. The molecule has 59 heavy (non-hydrogen) atoms. The lowest BCUT2D eigenvalue weighted by molar-refractivity contribution is 0.0692. The molecule has 10 nitrogen and oxygen atoms in total. The number of carboxylic acids is 1. The Kier molecular flexibility index (Phi) is 13.7. The van der Waals surface area contributed by atoms with Crippen molar-refractivity contribution in [1.29, 1.82) is 0 Å². The van der Waals surface area contributed by atoms with Gasteiger partial charge in [0.25, 0.3) is 16.7 Å². The lowest BCUT2D eigenvalue weighted by atomic mass is 10.1. The van der Waals surface area contributed by atoms with E-state index < -0.39 is 51.7 Å². The molecule has 0 aliphatic heterocycles. The van der Waals surface area contributed by atoms with E-state index in [1.54, 1.807) is 19.9 Å². The van der Waals surface area contributed by atoms with E-state index in [0.717, 1.165) is 21.3 Å².